The largest absolute Gasteiger partial charge is 0.497 e. The van der Waals surface area contributed by atoms with Gasteiger partial charge in [0, 0.05) is 42.6 Å². The number of methoxy groups -OCH3 is 2. The van der Waals surface area contributed by atoms with Crippen LogP contribution in [0.1, 0.15) is 36.8 Å². The zero-order valence-corrected chi connectivity index (χ0v) is 19.7. The average Bonchev–Trinajstić information content (AvgIpc) is 2.81. The molecule has 168 valence electrons. The van der Waals surface area contributed by atoms with Crippen molar-refractivity contribution in [1.29, 1.82) is 0 Å². The number of rotatable bonds is 10. The van der Waals surface area contributed by atoms with Gasteiger partial charge in [-0.2, -0.15) is 0 Å². The Bertz CT molecular complexity index is 858. The predicted octanol–water partition coefficient (Wildman–Crippen LogP) is 4.73. The maximum absolute atomic E-state index is 12.4. The van der Waals surface area contributed by atoms with E-state index in [0.29, 0.717) is 18.9 Å². The third-order valence-electron chi connectivity index (χ3n) is 5.89. The van der Waals surface area contributed by atoms with Crippen molar-refractivity contribution in [2.45, 2.75) is 43.7 Å². The second-order valence-corrected chi connectivity index (χ2v) is 8.97. The summed E-state index contributed by atoms with van der Waals surface area (Å²) in [5.41, 5.74) is 2.33. The molecule has 0 saturated carbocycles. The molecule has 0 aliphatic carbocycles. The molecule has 6 heteroatoms. The van der Waals surface area contributed by atoms with Crippen molar-refractivity contribution in [2.75, 3.05) is 33.6 Å². The Balaban J connectivity index is 1.43. The van der Waals surface area contributed by atoms with Crippen molar-refractivity contribution in [2.24, 2.45) is 5.92 Å². The van der Waals surface area contributed by atoms with Crippen molar-refractivity contribution in [3.63, 3.8) is 0 Å². The normalized spacial score (nSPS) is 16.7. The first-order valence-electron chi connectivity index (χ1n) is 10.9. The molecule has 1 aliphatic heterocycles. The van der Waals surface area contributed by atoms with E-state index in [1.54, 1.807) is 26.0 Å². The number of ether oxygens (including phenoxy) is 2. The topological polar surface area (TPSA) is 50.8 Å². The number of piperidine rings is 1. The molecule has 3 rings (SSSR count). The first kappa shape index (κ1) is 23.5. The Kier molecular flexibility index (Phi) is 9.10. The molecule has 1 fully saturated rings. The molecule has 1 saturated heterocycles. The quantitative estimate of drug-likeness (QED) is 0.539. The summed E-state index contributed by atoms with van der Waals surface area (Å²) in [5, 5.41) is 3.04. The molecular weight excluding hydrogens is 408 g/mol. The lowest BCUT2D eigenvalue weighted by atomic mass is 9.93. The number of carbonyl (C=O) groups is 1. The highest BCUT2D eigenvalue weighted by Crippen LogP contribution is 2.25. The molecule has 0 radical (unpaired) electrons. The summed E-state index contributed by atoms with van der Waals surface area (Å²) >= 11 is 1.79. The van der Waals surface area contributed by atoms with Crippen molar-refractivity contribution in [1.82, 2.24) is 10.2 Å². The summed E-state index contributed by atoms with van der Waals surface area (Å²) in [6.45, 7) is 3.68. The summed E-state index contributed by atoms with van der Waals surface area (Å²) in [7, 11) is 3.26. The van der Waals surface area contributed by atoms with Gasteiger partial charge in [0.25, 0.3) is 0 Å². The van der Waals surface area contributed by atoms with Gasteiger partial charge in [-0.1, -0.05) is 12.1 Å². The second kappa shape index (κ2) is 12.0. The summed E-state index contributed by atoms with van der Waals surface area (Å²) in [4.78, 5) is 16.3. The van der Waals surface area contributed by atoms with Crippen LogP contribution >= 0.6 is 11.8 Å². The lowest BCUT2D eigenvalue weighted by molar-refractivity contribution is -0.121. The summed E-state index contributed by atoms with van der Waals surface area (Å²) < 4.78 is 10.6. The lowest BCUT2D eigenvalue weighted by Gasteiger charge is -2.32. The molecule has 5 nitrogen and oxygen atoms in total. The Morgan fingerprint density at radius 3 is 2.84 bits per heavy atom. The molecule has 0 unspecified atom stereocenters. The first-order valence-corrected chi connectivity index (χ1v) is 12.2. The van der Waals surface area contributed by atoms with Gasteiger partial charge in [0.2, 0.25) is 5.91 Å². The first-order chi connectivity index (χ1) is 15.1. The van der Waals surface area contributed by atoms with Crippen LogP contribution in [-0.4, -0.2) is 44.4 Å². The highest BCUT2D eigenvalue weighted by molar-refractivity contribution is 7.98. The maximum atomic E-state index is 12.4. The number of nitrogens with zero attached hydrogens (tertiary/aromatic N) is 1. The fraction of sp³-hybridized carbons (Fsp3) is 0.480. The molecule has 1 atom stereocenters. The fourth-order valence-electron chi connectivity index (χ4n) is 4.17. The lowest BCUT2D eigenvalue weighted by Crippen LogP contribution is -2.35. The third-order valence-corrected chi connectivity index (χ3v) is 6.62. The molecule has 1 amide bonds. The maximum Gasteiger partial charge on any atom is 0.220 e. The Morgan fingerprint density at radius 1 is 1.19 bits per heavy atom. The number of carbonyl (C=O) groups excluding carboxylic acids is 1. The Morgan fingerprint density at radius 2 is 2.06 bits per heavy atom. The average molecular weight is 443 g/mol. The molecule has 0 bridgehead atoms. The van der Waals surface area contributed by atoms with E-state index in [-0.39, 0.29) is 5.91 Å². The Labute approximate surface area is 190 Å². The SMILES string of the molecule is COc1ccc(CNC(=O)CC[C@H]2CCCN(Cc3cccc(SC)c3)C2)c(OC)c1. The minimum atomic E-state index is 0.0997. The number of nitrogens with one attached hydrogen (secondary N) is 1. The zero-order valence-electron chi connectivity index (χ0n) is 18.9. The Hall–Kier alpha value is -2.18. The van der Waals surface area contributed by atoms with Gasteiger partial charge >= 0.3 is 0 Å². The molecule has 1 heterocycles. The van der Waals surface area contributed by atoms with E-state index >= 15 is 0 Å². The van der Waals surface area contributed by atoms with Gasteiger partial charge in [-0.25, -0.2) is 0 Å². The summed E-state index contributed by atoms with van der Waals surface area (Å²) in [6.07, 6.45) is 6.04. The minimum absolute atomic E-state index is 0.0997. The molecule has 0 spiro atoms. The highest BCUT2D eigenvalue weighted by Gasteiger charge is 2.21. The van der Waals surface area contributed by atoms with Crippen LogP contribution < -0.4 is 14.8 Å². The van der Waals surface area contributed by atoms with Crippen LogP contribution in [0.2, 0.25) is 0 Å². The highest BCUT2D eigenvalue weighted by atomic mass is 32.2. The van der Waals surface area contributed by atoms with Gasteiger partial charge in [0.1, 0.15) is 11.5 Å². The zero-order chi connectivity index (χ0) is 22.1. The van der Waals surface area contributed by atoms with Crippen LogP contribution in [0.5, 0.6) is 11.5 Å². The van der Waals surface area contributed by atoms with Gasteiger partial charge in [0.05, 0.1) is 14.2 Å². The number of hydrogen-bond acceptors (Lipinski definition) is 5. The molecule has 0 aromatic heterocycles. The number of thioether (sulfide) groups is 1. The molecular formula is C25H34N2O3S. The van der Waals surface area contributed by atoms with Crippen LogP contribution in [0.4, 0.5) is 0 Å². The number of benzene rings is 2. The number of amides is 1. The van der Waals surface area contributed by atoms with Gasteiger partial charge < -0.3 is 14.8 Å². The standard InChI is InChI=1S/C25H34N2O3S/c1-29-22-11-10-21(24(15-22)30-2)16-26-25(28)12-9-19-7-5-13-27(17-19)18-20-6-4-8-23(14-20)31-3/h4,6,8,10-11,14-15,19H,5,7,9,12-13,16-18H2,1-3H3,(H,26,28)/t19-/m1/s1. The van der Waals surface area contributed by atoms with E-state index in [2.05, 4.69) is 40.7 Å². The molecule has 1 N–H and O–H groups in total. The molecule has 31 heavy (non-hydrogen) atoms. The summed E-state index contributed by atoms with van der Waals surface area (Å²) in [5.74, 6) is 2.16. The van der Waals surface area contributed by atoms with E-state index in [1.807, 2.05) is 18.2 Å². The fourth-order valence-corrected chi connectivity index (χ4v) is 4.66. The molecule has 2 aromatic carbocycles. The van der Waals surface area contributed by atoms with Crippen molar-refractivity contribution >= 4 is 17.7 Å². The van der Waals surface area contributed by atoms with E-state index in [1.165, 1.54) is 23.3 Å². The summed E-state index contributed by atoms with van der Waals surface area (Å²) in [6, 6.07) is 14.5. The van der Waals surface area contributed by atoms with E-state index in [9.17, 15) is 4.79 Å². The van der Waals surface area contributed by atoms with E-state index in [0.717, 1.165) is 43.1 Å². The van der Waals surface area contributed by atoms with Gasteiger partial charge in [0.15, 0.2) is 0 Å². The van der Waals surface area contributed by atoms with E-state index < -0.39 is 0 Å². The molecule has 1 aliphatic rings. The van der Waals surface area contributed by atoms with Crippen molar-refractivity contribution < 1.29 is 14.3 Å². The number of hydrogen-bond donors (Lipinski definition) is 1. The van der Waals surface area contributed by atoms with Crippen LogP contribution in [0.3, 0.4) is 0 Å². The monoisotopic (exact) mass is 442 g/mol. The van der Waals surface area contributed by atoms with Crippen molar-refractivity contribution in [3.05, 3.63) is 53.6 Å². The van der Waals surface area contributed by atoms with Crippen molar-refractivity contribution in [3.8, 4) is 11.5 Å². The van der Waals surface area contributed by atoms with Crippen LogP contribution in [0.15, 0.2) is 47.4 Å². The van der Waals surface area contributed by atoms with Gasteiger partial charge in [-0.15, -0.1) is 11.8 Å². The van der Waals surface area contributed by atoms with Crippen LogP contribution in [-0.2, 0) is 17.9 Å². The van der Waals surface area contributed by atoms with E-state index in [4.69, 9.17) is 9.47 Å². The second-order valence-electron chi connectivity index (χ2n) is 8.09. The van der Waals surface area contributed by atoms with Gasteiger partial charge in [-0.3, -0.25) is 9.69 Å². The minimum Gasteiger partial charge on any atom is -0.497 e. The van der Waals surface area contributed by atoms with Crippen LogP contribution in [0.25, 0.3) is 0 Å². The number of likely N-dealkylation sites (tertiary alicyclic amines) is 1. The smallest absolute Gasteiger partial charge is 0.220 e. The van der Waals surface area contributed by atoms with Gasteiger partial charge in [-0.05, 0) is 67.8 Å². The third kappa shape index (κ3) is 7.18. The van der Waals surface area contributed by atoms with Crippen LogP contribution in [0, 0.1) is 5.92 Å². The molecule has 2 aromatic rings. The predicted molar refractivity (Wildman–Crippen MR) is 127 cm³/mol.